The molecule has 1 aliphatic carbocycles. The van der Waals surface area contributed by atoms with Gasteiger partial charge in [-0.25, -0.2) is 18.5 Å². The van der Waals surface area contributed by atoms with E-state index in [-0.39, 0.29) is 17.3 Å². The Morgan fingerprint density at radius 2 is 2.07 bits per heavy atom. The number of nitro groups is 1. The number of pyridine rings is 1. The number of nitro benzene ring substituents is 1. The van der Waals surface area contributed by atoms with E-state index in [1.165, 1.54) is 18.4 Å². The van der Waals surface area contributed by atoms with Crippen LogP contribution in [-0.2, 0) is 16.6 Å². The van der Waals surface area contributed by atoms with Crippen molar-refractivity contribution in [1.29, 1.82) is 0 Å². The number of primary sulfonamides is 1. The Balaban J connectivity index is 1.60. The summed E-state index contributed by atoms with van der Waals surface area (Å²) >= 11 is 6.09. The summed E-state index contributed by atoms with van der Waals surface area (Å²) in [6.45, 7) is 0.256. The van der Waals surface area contributed by atoms with Crippen molar-refractivity contribution in [2.75, 3.05) is 5.32 Å². The first-order chi connectivity index (χ1) is 13.2. The average Bonchev–Trinajstić information content (AvgIpc) is 3.38. The van der Waals surface area contributed by atoms with Crippen LogP contribution in [0.15, 0.2) is 41.6 Å². The zero-order chi connectivity index (χ0) is 20.1. The Kier molecular flexibility index (Phi) is 4.48. The van der Waals surface area contributed by atoms with Gasteiger partial charge in [0, 0.05) is 18.5 Å². The van der Waals surface area contributed by atoms with Crippen molar-refractivity contribution in [1.82, 2.24) is 9.38 Å². The summed E-state index contributed by atoms with van der Waals surface area (Å²) in [4.78, 5) is 14.3. The molecule has 3 aromatic rings. The fourth-order valence-electron chi connectivity index (χ4n) is 3.04. The van der Waals surface area contributed by atoms with Crippen LogP contribution in [0, 0.1) is 10.1 Å². The zero-order valence-electron chi connectivity index (χ0n) is 14.5. The number of fused-ring (bicyclic) bond motifs is 1. The first-order valence-corrected chi connectivity index (χ1v) is 10.4. The van der Waals surface area contributed by atoms with Gasteiger partial charge in [0.05, 0.1) is 27.9 Å². The number of hydrogen-bond acceptors (Lipinski definition) is 6. The molecule has 2 aromatic heterocycles. The highest BCUT2D eigenvalue weighted by Crippen LogP contribution is 2.40. The molecule has 0 atom stereocenters. The number of sulfonamides is 1. The van der Waals surface area contributed by atoms with Crippen molar-refractivity contribution in [3.63, 3.8) is 0 Å². The fraction of sp³-hybridized carbons (Fsp3) is 0.235. The average molecular weight is 422 g/mol. The number of benzene rings is 1. The lowest BCUT2D eigenvalue weighted by Gasteiger charge is -2.09. The molecule has 4 rings (SSSR count). The maximum atomic E-state index is 11.6. The van der Waals surface area contributed by atoms with Gasteiger partial charge in [0.25, 0.3) is 5.69 Å². The van der Waals surface area contributed by atoms with E-state index in [2.05, 4.69) is 22.6 Å². The molecule has 28 heavy (non-hydrogen) atoms. The summed E-state index contributed by atoms with van der Waals surface area (Å²) in [7, 11) is -4.28. The molecule has 0 spiro atoms. The van der Waals surface area contributed by atoms with E-state index in [4.69, 9.17) is 16.7 Å². The summed E-state index contributed by atoms with van der Waals surface area (Å²) in [5.74, 6) is 0.630. The maximum Gasteiger partial charge on any atom is 0.291 e. The van der Waals surface area contributed by atoms with E-state index in [0.717, 1.165) is 17.8 Å². The molecule has 1 aliphatic rings. The highest BCUT2D eigenvalue weighted by molar-refractivity contribution is 7.89. The van der Waals surface area contributed by atoms with Crippen molar-refractivity contribution >= 4 is 38.6 Å². The minimum atomic E-state index is -4.28. The number of nitrogens with zero attached hydrogens (tertiary/aromatic N) is 3. The predicted octanol–water partition coefficient (Wildman–Crippen LogP) is 3.03. The van der Waals surface area contributed by atoms with Crippen LogP contribution in [0.25, 0.3) is 5.65 Å². The van der Waals surface area contributed by atoms with Crippen molar-refractivity contribution in [2.24, 2.45) is 5.14 Å². The van der Waals surface area contributed by atoms with E-state index in [0.29, 0.717) is 11.6 Å². The molecule has 0 amide bonds. The summed E-state index contributed by atoms with van der Waals surface area (Å²) in [5.41, 5.74) is 2.36. The Bertz CT molecular complexity index is 1200. The highest BCUT2D eigenvalue weighted by atomic mass is 35.5. The van der Waals surface area contributed by atoms with Gasteiger partial charge in [-0.3, -0.25) is 10.1 Å². The quantitative estimate of drug-likeness (QED) is 0.464. The van der Waals surface area contributed by atoms with Crippen LogP contribution in [0.5, 0.6) is 0 Å². The van der Waals surface area contributed by atoms with Crippen molar-refractivity contribution in [3.8, 4) is 0 Å². The van der Waals surface area contributed by atoms with Gasteiger partial charge in [0.2, 0.25) is 10.0 Å². The second-order valence-electron chi connectivity index (χ2n) is 6.69. The number of hydrogen-bond donors (Lipinski definition) is 2. The predicted molar refractivity (Wildman–Crippen MR) is 104 cm³/mol. The molecular formula is C17H16ClN5O4S. The van der Waals surface area contributed by atoms with Crippen LogP contribution in [0.1, 0.15) is 30.0 Å². The first-order valence-electron chi connectivity index (χ1n) is 8.44. The van der Waals surface area contributed by atoms with Crippen LogP contribution in [0.4, 0.5) is 11.4 Å². The van der Waals surface area contributed by atoms with Crippen LogP contribution in [0.2, 0.25) is 5.02 Å². The Labute approximate surface area is 165 Å². The van der Waals surface area contributed by atoms with Gasteiger partial charge in [-0.15, -0.1) is 0 Å². The number of anilines is 1. The number of imidazole rings is 1. The number of nitrogens with one attached hydrogen (secondary N) is 1. The van der Waals surface area contributed by atoms with Gasteiger partial charge in [-0.05, 0) is 36.5 Å². The number of nitrogens with two attached hydrogens (primary N) is 1. The molecule has 1 aromatic carbocycles. The third-order valence-electron chi connectivity index (χ3n) is 4.58. The summed E-state index contributed by atoms with van der Waals surface area (Å²) in [5, 5.41) is 19.2. The third-order valence-corrected chi connectivity index (χ3v) is 5.84. The van der Waals surface area contributed by atoms with Gasteiger partial charge in [-0.2, -0.15) is 0 Å². The van der Waals surface area contributed by atoms with E-state index in [1.54, 1.807) is 0 Å². The fourth-order valence-corrected chi connectivity index (χ4v) is 4.04. The first kappa shape index (κ1) is 18.7. The van der Waals surface area contributed by atoms with Crippen molar-refractivity contribution < 1.29 is 13.3 Å². The summed E-state index contributed by atoms with van der Waals surface area (Å²) in [6, 6.07) is 6.06. The van der Waals surface area contributed by atoms with Gasteiger partial charge in [-0.1, -0.05) is 17.7 Å². The van der Waals surface area contributed by atoms with Crippen LogP contribution in [0.3, 0.4) is 0 Å². The van der Waals surface area contributed by atoms with Crippen LogP contribution >= 0.6 is 11.6 Å². The molecule has 0 radical (unpaired) electrons. The van der Waals surface area contributed by atoms with Gasteiger partial charge >= 0.3 is 0 Å². The molecule has 0 unspecified atom stereocenters. The third kappa shape index (κ3) is 3.66. The standard InChI is InChI=1S/C17H16ClN5O4S/c18-13-5-16(28(19,26)27)15(23(24)25)6-14(13)20-7-12-9-22-8-11(10-1-2-10)3-4-17(22)21-12/h3-6,8-10,20H,1-2,7H2,(H2,19,26,27). The number of aromatic nitrogens is 2. The molecular weight excluding hydrogens is 406 g/mol. The lowest BCUT2D eigenvalue weighted by molar-refractivity contribution is -0.387. The Hall–Kier alpha value is -2.69. The smallest absolute Gasteiger partial charge is 0.291 e. The van der Waals surface area contributed by atoms with E-state index in [1.807, 2.05) is 16.7 Å². The normalized spacial score (nSPS) is 14.4. The Morgan fingerprint density at radius 3 is 2.71 bits per heavy atom. The molecule has 146 valence electrons. The molecule has 1 fully saturated rings. The summed E-state index contributed by atoms with van der Waals surface area (Å²) in [6.07, 6.45) is 6.35. The molecule has 0 aliphatic heterocycles. The topological polar surface area (TPSA) is 133 Å². The van der Waals surface area contributed by atoms with Gasteiger partial charge < -0.3 is 9.72 Å². The molecule has 9 nitrogen and oxygen atoms in total. The van der Waals surface area contributed by atoms with Gasteiger partial charge in [0.15, 0.2) is 4.90 Å². The molecule has 11 heteroatoms. The molecule has 1 saturated carbocycles. The van der Waals surface area contributed by atoms with E-state index in [9.17, 15) is 18.5 Å². The minimum Gasteiger partial charge on any atom is -0.378 e. The molecule has 0 saturated heterocycles. The minimum absolute atomic E-state index is 0.00871. The largest absolute Gasteiger partial charge is 0.378 e. The van der Waals surface area contributed by atoms with Gasteiger partial charge in [0.1, 0.15) is 5.65 Å². The number of halogens is 1. The van der Waals surface area contributed by atoms with Crippen molar-refractivity contribution in [2.45, 2.75) is 30.2 Å². The Morgan fingerprint density at radius 1 is 1.32 bits per heavy atom. The SMILES string of the molecule is NS(=O)(=O)c1cc(Cl)c(NCc2cn3cc(C4CC4)ccc3n2)cc1[N+](=O)[O-]. The second kappa shape index (κ2) is 6.73. The van der Waals surface area contributed by atoms with Crippen LogP contribution in [-0.4, -0.2) is 22.7 Å². The zero-order valence-corrected chi connectivity index (χ0v) is 16.1. The second-order valence-corrected chi connectivity index (χ2v) is 8.63. The monoisotopic (exact) mass is 421 g/mol. The van der Waals surface area contributed by atoms with E-state index >= 15 is 0 Å². The highest BCUT2D eigenvalue weighted by Gasteiger charge is 2.26. The summed E-state index contributed by atoms with van der Waals surface area (Å²) < 4.78 is 25.1. The maximum absolute atomic E-state index is 11.6. The van der Waals surface area contributed by atoms with Crippen LogP contribution < -0.4 is 10.5 Å². The lowest BCUT2D eigenvalue weighted by atomic mass is 10.2. The molecule has 0 bridgehead atoms. The molecule has 3 N–H and O–H groups in total. The van der Waals surface area contributed by atoms with Crippen molar-refractivity contribution in [3.05, 3.63) is 63.1 Å². The molecule has 2 heterocycles. The lowest BCUT2D eigenvalue weighted by Crippen LogP contribution is -2.14. The van der Waals surface area contributed by atoms with E-state index < -0.39 is 25.5 Å². The number of rotatable bonds is 6.